The monoisotopic (exact) mass is 633 g/mol. The fourth-order valence-electron chi connectivity index (χ4n) is 6.54. The van der Waals surface area contributed by atoms with Crippen LogP contribution in [0.15, 0.2) is 71.3 Å². The number of alkyl halides is 2. The van der Waals surface area contributed by atoms with Gasteiger partial charge in [-0.05, 0) is 103 Å². The SMILES string of the molecule is [2H]c1cc2nc(-c3cccc(-c4cccc(Nc5nc(C(F)F)nc6cc(CN7CCC(O)C7)cnc56)c4C)c3C)oc2cc1C1CC1. The van der Waals surface area contributed by atoms with Crippen molar-refractivity contribution in [2.75, 3.05) is 18.4 Å². The molecule has 1 aliphatic carbocycles. The number of benzene rings is 3. The predicted octanol–water partition coefficient (Wildman–Crippen LogP) is 8.24. The highest BCUT2D eigenvalue weighted by molar-refractivity contribution is 5.89. The Labute approximate surface area is 271 Å². The van der Waals surface area contributed by atoms with Crippen LogP contribution in [-0.2, 0) is 6.54 Å². The smallest absolute Gasteiger partial charge is 0.297 e. The maximum atomic E-state index is 14.0. The average molecular weight is 634 g/mol. The number of aromatic nitrogens is 4. The van der Waals surface area contributed by atoms with Crippen molar-refractivity contribution >= 4 is 33.6 Å². The maximum absolute atomic E-state index is 14.0. The summed E-state index contributed by atoms with van der Waals surface area (Å²) < 4.78 is 42.7. The lowest BCUT2D eigenvalue weighted by Crippen LogP contribution is -2.21. The third kappa shape index (κ3) is 5.72. The summed E-state index contributed by atoms with van der Waals surface area (Å²) in [7, 11) is 0. The summed E-state index contributed by atoms with van der Waals surface area (Å²) in [5.41, 5.74) is 9.29. The number of aliphatic hydroxyl groups is 1. The van der Waals surface area contributed by atoms with E-state index in [1.165, 1.54) is 0 Å². The van der Waals surface area contributed by atoms with Gasteiger partial charge in [-0.3, -0.25) is 9.88 Å². The number of β-amino-alcohol motifs (C(OH)–C–C–N with tert-alkyl or cyclic N) is 1. The van der Waals surface area contributed by atoms with Gasteiger partial charge in [-0.1, -0.05) is 30.3 Å². The number of nitrogens with zero attached hydrogens (tertiary/aromatic N) is 5. The molecule has 0 amide bonds. The average Bonchev–Trinajstić information content (AvgIpc) is 3.70. The Bertz CT molecular complexity index is 2200. The normalized spacial score (nSPS) is 17.2. The number of anilines is 2. The maximum Gasteiger partial charge on any atom is 0.297 e. The number of fused-ring (bicyclic) bond motifs is 2. The van der Waals surface area contributed by atoms with Gasteiger partial charge in [0, 0.05) is 37.1 Å². The minimum absolute atomic E-state index is 0.204. The van der Waals surface area contributed by atoms with Crippen LogP contribution in [0, 0.1) is 13.8 Å². The van der Waals surface area contributed by atoms with Crippen LogP contribution in [0.1, 0.15) is 61.1 Å². The number of oxazole rings is 1. The van der Waals surface area contributed by atoms with Gasteiger partial charge in [0.25, 0.3) is 6.43 Å². The first-order valence-corrected chi connectivity index (χ1v) is 15.9. The van der Waals surface area contributed by atoms with Crippen LogP contribution in [-0.4, -0.2) is 49.1 Å². The second-order valence-electron chi connectivity index (χ2n) is 12.6. The van der Waals surface area contributed by atoms with Crippen molar-refractivity contribution in [3.05, 3.63) is 94.9 Å². The molecule has 10 heteroatoms. The highest BCUT2D eigenvalue weighted by Crippen LogP contribution is 2.42. The van der Waals surface area contributed by atoms with Gasteiger partial charge < -0.3 is 14.8 Å². The first-order chi connectivity index (χ1) is 23.2. The highest BCUT2D eigenvalue weighted by Gasteiger charge is 2.25. The van der Waals surface area contributed by atoms with Crippen LogP contribution in [0.4, 0.5) is 20.3 Å². The molecule has 1 saturated heterocycles. The highest BCUT2D eigenvalue weighted by atomic mass is 19.3. The summed E-state index contributed by atoms with van der Waals surface area (Å²) in [5, 5.41) is 13.2. The largest absolute Gasteiger partial charge is 0.436 e. The first kappa shape index (κ1) is 28.4. The molecule has 2 aliphatic rings. The number of hydrogen-bond donors (Lipinski definition) is 2. The molecular formula is C37H34F2N6O2. The molecule has 2 fully saturated rings. The fourth-order valence-corrected chi connectivity index (χ4v) is 6.54. The molecule has 1 aliphatic heterocycles. The van der Waals surface area contributed by atoms with Crippen molar-refractivity contribution in [1.82, 2.24) is 24.8 Å². The second-order valence-corrected chi connectivity index (χ2v) is 12.6. The van der Waals surface area contributed by atoms with Crippen molar-refractivity contribution in [2.45, 2.75) is 58.1 Å². The van der Waals surface area contributed by atoms with Crippen molar-refractivity contribution in [3.63, 3.8) is 0 Å². The number of likely N-dealkylation sites (tertiary alicyclic amines) is 1. The van der Waals surface area contributed by atoms with Crippen molar-refractivity contribution < 1.29 is 19.7 Å². The number of nitrogens with one attached hydrogen (secondary N) is 1. The molecule has 1 unspecified atom stereocenters. The van der Waals surface area contributed by atoms with E-state index in [9.17, 15) is 13.9 Å². The lowest BCUT2D eigenvalue weighted by Gasteiger charge is -2.17. The zero-order valence-corrected chi connectivity index (χ0v) is 26.1. The molecule has 0 spiro atoms. The third-order valence-electron chi connectivity index (χ3n) is 9.26. The molecule has 1 saturated carbocycles. The number of pyridine rings is 1. The van der Waals surface area contributed by atoms with Crippen LogP contribution in [0.5, 0.6) is 0 Å². The summed E-state index contributed by atoms with van der Waals surface area (Å²) in [6.07, 6.45) is 1.43. The van der Waals surface area contributed by atoms with Gasteiger partial charge in [-0.15, -0.1) is 0 Å². The Morgan fingerprint density at radius 1 is 0.979 bits per heavy atom. The van der Waals surface area contributed by atoms with Gasteiger partial charge in [-0.2, -0.15) is 0 Å². The van der Waals surface area contributed by atoms with Gasteiger partial charge >= 0.3 is 0 Å². The Balaban J connectivity index is 1.13. The molecular weight excluding hydrogens is 598 g/mol. The molecule has 1 atom stereocenters. The van der Waals surface area contributed by atoms with E-state index in [1.807, 2.05) is 56.3 Å². The van der Waals surface area contributed by atoms with Gasteiger partial charge in [-0.25, -0.2) is 23.7 Å². The zero-order valence-electron chi connectivity index (χ0n) is 27.1. The Morgan fingerprint density at radius 3 is 2.53 bits per heavy atom. The van der Waals surface area contributed by atoms with Gasteiger partial charge in [0.05, 0.1) is 13.0 Å². The van der Waals surface area contributed by atoms with E-state index in [1.54, 1.807) is 18.3 Å². The van der Waals surface area contributed by atoms with Crippen LogP contribution in [0.25, 0.3) is 44.7 Å². The van der Waals surface area contributed by atoms with Crippen molar-refractivity contribution in [1.29, 1.82) is 0 Å². The van der Waals surface area contributed by atoms with Gasteiger partial charge in [0.15, 0.2) is 17.2 Å². The summed E-state index contributed by atoms with van der Waals surface area (Å²) in [6, 6.07) is 17.8. The molecule has 0 bridgehead atoms. The number of hydrogen-bond acceptors (Lipinski definition) is 8. The molecule has 6 aromatic rings. The van der Waals surface area contributed by atoms with E-state index >= 15 is 0 Å². The summed E-state index contributed by atoms with van der Waals surface area (Å²) >= 11 is 0. The van der Waals surface area contributed by atoms with E-state index in [-0.39, 0.29) is 11.9 Å². The van der Waals surface area contributed by atoms with Crippen LogP contribution in [0.2, 0.25) is 0 Å². The molecule has 3 aromatic carbocycles. The third-order valence-corrected chi connectivity index (χ3v) is 9.26. The Hall–Kier alpha value is -4.80. The summed E-state index contributed by atoms with van der Waals surface area (Å²) in [5.74, 6) is 0.575. The number of halogens is 2. The van der Waals surface area contributed by atoms with Crippen molar-refractivity contribution in [2.24, 2.45) is 0 Å². The lowest BCUT2D eigenvalue weighted by molar-refractivity contribution is 0.141. The zero-order chi connectivity index (χ0) is 33.1. The van der Waals surface area contributed by atoms with Crippen molar-refractivity contribution in [3.8, 4) is 22.6 Å². The van der Waals surface area contributed by atoms with E-state index < -0.39 is 12.2 Å². The minimum Gasteiger partial charge on any atom is -0.436 e. The van der Waals surface area contributed by atoms with E-state index in [4.69, 9.17) is 10.8 Å². The fraction of sp³-hybridized carbons (Fsp3) is 0.297. The summed E-state index contributed by atoms with van der Waals surface area (Å²) in [6.45, 7) is 5.89. The Morgan fingerprint density at radius 2 is 1.77 bits per heavy atom. The van der Waals surface area contributed by atoms with Gasteiger partial charge in [0.2, 0.25) is 5.89 Å². The quantitative estimate of drug-likeness (QED) is 0.173. The van der Waals surface area contributed by atoms with E-state index in [0.717, 1.165) is 58.3 Å². The number of rotatable bonds is 8. The molecule has 47 heavy (non-hydrogen) atoms. The predicted molar refractivity (Wildman–Crippen MR) is 178 cm³/mol. The topological polar surface area (TPSA) is 100 Å². The van der Waals surface area contributed by atoms with E-state index in [0.29, 0.717) is 65.2 Å². The second kappa shape index (κ2) is 11.8. The number of aliphatic hydroxyl groups excluding tert-OH is 1. The van der Waals surface area contributed by atoms with Crippen LogP contribution in [0.3, 0.4) is 0 Å². The van der Waals surface area contributed by atoms with Crippen LogP contribution < -0.4 is 5.32 Å². The standard InChI is InChI=1S/C37H34F2N6O2/c1-20-26(5-3-7-28(20)37-43-30-12-11-24(23-9-10-23)16-32(30)47-37)27-6-4-8-29(21(27)2)41-35-33-31(42-36(44-35)34(38)39)15-22(17-40-33)18-45-14-13-25(46)19-45/h3-8,11-12,15-17,23,25,34,46H,9-10,13-14,18-19H2,1-2H3,(H,41,42,44)/i11D. The molecule has 3 aromatic heterocycles. The van der Waals surface area contributed by atoms with Crippen LogP contribution >= 0.6 is 0 Å². The van der Waals surface area contributed by atoms with E-state index in [2.05, 4.69) is 25.2 Å². The molecule has 4 heterocycles. The molecule has 238 valence electrons. The molecule has 2 N–H and O–H groups in total. The minimum atomic E-state index is -2.86. The molecule has 8 rings (SSSR count). The summed E-state index contributed by atoms with van der Waals surface area (Å²) in [4.78, 5) is 19.8. The molecule has 8 nitrogen and oxygen atoms in total. The first-order valence-electron chi connectivity index (χ1n) is 16.4. The Kier molecular flexibility index (Phi) is 7.12. The lowest BCUT2D eigenvalue weighted by atomic mass is 9.93. The van der Waals surface area contributed by atoms with Gasteiger partial charge in [0.1, 0.15) is 11.0 Å². The molecule has 0 radical (unpaired) electrons.